The van der Waals surface area contributed by atoms with Crippen molar-refractivity contribution in [2.75, 3.05) is 5.32 Å². The zero-order valence-corrected chi connectivity index (χ0v) is 15.6. The number of amides is 3. The van der Waals surface area contributed by atoms with Crippen LogP contribution in [0.25, 0.3) is 0 Å². The summed E-state index contributed by atoms with van der Waals surface area (Å²) in [7, 11) is 0. The molecule has 0 saturated heterocycles. The predicted molar refractivity (Wildman–Crippen MR) is 101 cm³/mol. The second kappa shape index (κ2) is 7.29. The fourth-order valence-electron chi connectivity index (χ4n) is 2.68. The fourth-order valence-corrected chi connectivity index (χ4v) is 3.28. The van der Waals surface area contributed by atoms with Gasteiger partial charge in [-0.05, 0) is 36.8 Å². The number of halogens is 2. The molecule has 2 aromatic rings. The normalized spacial score (nSPS) is 16.9. The van der Waals surface area contributed by atoms with Gasteiger partial charge < -0.3 is 16.0 Å². The van der Waals surface area contributed by atoms with Crippen LogP contribution in [0.4, 0.5) is 10.5 Å². The highest BCUT2D eigenvalue weighted by atomic mass is 79.9. The number of para-hydroxylation sites is 1. The highest BCUT2D eigenvalue weighted by Gasteiger charge is 2.31. The molecule has 3 amide bonds. The summed E-state index contributed by atoms with van der Waals surface area (Å²) in [6.07, 6.45) is 0. The molecular weight excluding hydrogens is 406 g/mol. The summed E-state index contributed by atoms with van der Waals surface area (Å²) in [5.41, 5.74) is 2.24. The summed E-state index contributed by atoms with van der Waals surface area (Å²) in [6.45, 7) is 1.70. The number of anilines is 1. The maximum absolute atomic E-state index is 12.9. The van der Waals surface area contributed by atoms with E-state index >= 15 is 0 Å². The fraction of sp³-hybridized carbons (Fsp3) is 0.111. The molecule has 3 N–H and O–H groups in total. The molecule has 0 aromatic heterocycles. The number of hydrogen-bond donors (Lipinski definition) is 3. The molecule has 25 heavy (non-hydrogen) atoms. The standard InChI is InChI=1S/C18H15BrClN3O2/c1-10-15(17(24)22-14-8-3-2-7-13(14)20)16(23-18(25)21-10)11-5-4-6-12(19)9-11/h2-9,16H,1H3,(H,22,24)(H2,21,23,25)/t16-/m0/s1. The lowest BCUT2D eigenvalue weighted by atomic mass is 9.95. The Bertz CT molecular complexity index is 882. The molecule has 128 valence electrons. The van der Waals surface area contributed by atoms with Crippen LogP contribution in [-0.2, 0) is 4.79 Å². The zero-order chi connectivity index (χ0) is 18.0. The Balaban J connectivity index is 1.97. The van der Waals surface area contributed by atoms with E-state index in [1.807, 2.05) is 24.3 Å². The van der Waals surface area contributed by atoms with Crippen molar-refractivity contribution in [2.45, 2.75) is 13.0 Å². The Morgan fingerprint density at radius 1 is 1.20 bits per heavy atom. The van der Waals surface area contributed by atoms with Crippen molar-refractivity contribution in [2.24, 2.45) is 0 Å². The van der Waals surface area contributed by atoms with Gasteiger partial charge in [0.1, 0.15) is 0 Å². The van der Waals surface area contributed by atoms with E-state index < -0.39 is 6.04 Å². The average molecular weight is 421 g/mol. The SMILES string of the molecule is CC1=C(C(=O)Nc2ccccc2Cl)[C@H](c2cccc(Br)c2)NC(=O)N1. The highest BCUT2D eigenvalue weighted by Crippen LogP contribution is 2.30. The summed E-state index contributed by atoms with van der Waals surface area (Å²) in [5.74, 6) is -0.330. The van der Waals surface area contributed by atoms with Crippen molar-refractivity contribution in [3.05, 3.63) is 74.9 Å². The van der Waals surface area contributed by atoms with Crippen LogP contribution in [0.5, 0.6) is 0 Å². The molecule has 0 spiro atoms. The molecule has 1 aliphatic heterocycles. The van der Waals surface area contributed by atoms with Crippen LogP contribution in [0.1, 0.15) is 18.5 Å². The molecule has 0 unspecified atom stereocenters. The lowest BCUT2D eigenvalue weighted by Crippen LogP contribution is -2.46. The summed E-state index contributed by atoms with van der Waals surface area (Å²) in [4.78, 5) is 24.8. The molecule has 0 bridgehead atoms. The quantitative estimate of drug-likeness (QED) is 0.690. The van der Waals surface area contributed by atoms with Crippen molar-refractivity contribution in [3.63, 3.8) is 0 Å². The first-order valence-corrected chi connectivity index (χ1v) is 8.72. The molecule has 0 fully saturated rings. The van der Waals surface area contributed by atoms with Crippen LogP contribution in [0.15, 0.2) is 64.3 Å². The van der Waals surface area contributed by atoms with Gasteiger partial charge in [0, 0.05) is 10.2 Å². The summed E-state index contributed by atoms with van der Waals surface area (Å²) < 4.78 is 0.862. The lowest BCUT2D eigenvalue weighted by Gasteiger charge is -2.28. The van der Waals surface area contributed by atoms with Gasteiger partial charge in [0.25, 0.3) is 5.91 Å². The molecule has 1 atom stereocenters. The molecule has 7 heteroatoms. The predicted octanol–water partition coefficient (Wildman–Crippen LogP) is 4.37. The van der Waals surface area contributed by atoms with E-state index in [4.69, 9.17) is 11.6 Å². The number of rotatable bonds is 3. The third-order valence-corrected chi connectivity index (χ3v) is 4.64. The van der Waals surface area contributed by atoms with E-state index in [2.05, 4.69) is 31.9 Å². The number of hydrogen-bond acceptors (Lipinski definition) is 2. The highest BCUT2D eigenvalue weighted by molar-refractivity contribution is 9.10. The van der Waals surface area contributed by atoms with Crippen LogP contribution >= 0.6 is 27.5 Å². The number of carbonyl (C=O) groups excluding carboxylic acids is 2. The van der Waals surface area contributed by atoms with Gasteiger partial charge >= 0.3 is 6.03 Å². The lowest BCUT2D eigenvalue weighted by molar-refractivity contribution is -0.113. The minimum absolute atomic E-state index is 0.330. The van der Waals surface area contributed by atoms with Crippen LogP contribution in [0, 0.1) is 0 Å². The minimum Gasteiger partial charge on any atom is -0.327 e. The van der Waals surface area contributed by atoms with Crippen molar-refractivity contribution in [1.82, 2.24) is 10.6 Å². The number of benzene rings is 2. The van der Waals surface area contributed by atoms with Crippen LogP contribution in [-0.4, -0.2) is 11.9 Å². The van der Waals surface area contributed by atoms with Gasteiger partial charge in [0.05, 0.1) is 22.3 Å². The molecular formula is C18H15BrClN3O2. The van der Waals surface area contributed by atoms with Gasteiger partial charge in [-0.2, -0.15) is 0 Å². The van der Waals surface area contributed by atoms with Gasteiger partial charge in [-0.15, -0.1) is 0 Å². The third-order valence-electron chi connectivity index (χ3n) is 3.82. The van der Waals surface area contributed by atoms with Crippen LogP contribution in [0.2, 0.25) is 5.02 Å². The number of urea groups is 1. The van der Waals surface area contributed by atoms with Crippen LogP contribution in [0.3, 0.4) is 0 Å². The average Bonchev–Trinajstić information content (AvgIpc) is 2.56. The second-order valence-corrected chi connectivity index (χ2v) is 6.88. The van der Waals surface area contributed by atoms with Gasteiger partial charge in [-0.1, -0.05) is 51.8 Å². The van der Waals surface area contributed by atoms with Crippen LogP contribution < -0.4 is 16.0 Å². The van der Waals surface area contributed by atoms with Crippen molar-refractivity contribution in [1.29, 1.82) is 0 Å². The van der Waals surface area contributed by atoms with E-state index in [1.54, 1.807) is 31.2 Å². The molecule has 3 rings (SSSR count). The first-order valence-electron chi connectivity index (χ1n) is 7.55. The van der Waals surface area contributed by atoms with Gasteiger partial charge in [0.15, 0.2) is 0 Å². The molecule has 0 saturated carbocycles. The van der Waals surface area contributed by atoms with E-state index in [-0.39, 0.29) is 11.9 Å². The molecule has 1 heterocycles. The Hall–Kier alpha value is -2.31. The summed E-state index contributed by atoms with van der Waals surface area (Å²) in [6, 6.07) is 13.5. The first kappa shape index (κ1) is 17.5. The number of allylic oxidation sites excluding steroid dienone is 1. The summed E-state index contributed by atoms with van der Waals surface area (Å²) >= 11 is 9.54. The first-order chi connectivity index (χ1) is 12.0. The summed E-state index contributed by atoms with van der Waals surface area (Å²) in [5, 5.41) is 8.70. The van der Waals surface area contributed by atoms with Crippen molar-refractivity contribution in [3.8, 4) is 0 Å². The number of carbonyl (C=O) groups is 2. The molecule has 0 aliphatic carbocycles. The van der Waals surface area contributed by atoms with Gasteiger partial charge in [-0.3, -0.25) is 4.79 Å². The third kappa shape index (κ3) is 3.86. The zero-order valence-electron chi connectivity index (χ0n) is 13.3. The Morgan fingerprint density at radius 3 is 2.68 bits per heavy atom. The van der Waals surface area contributed by atoms with E-state index in [0.717, 1.165) is 10.0 Å². The molecule has 1 aliphatic rings. The second-order valence-electron chi connectivity index (χ2n) is 5.56. The Morgan fingerprint density at radius 2 is 1.96 bits per heavy atom. The van der Waals surface area contributed by atoms with Crippen molar-refractivity contribution >= 4 is 45.2 Å². The molecule has 2 aromatic carbocycles. The maximum atomic E-state index is 12.9. The monoisotopic (exact) mass is 419 g/mol. The topological polar surface area (TPSA) is 70.2 Å². The van der Waals surface area contributed by atoms with Gasteiger partial charge in [-0.25, -0.2) is 4.79 Å². The van der Waals surface area contributed by atoms with Gasteiger partial charge in [0.2, 0.25) is 0 Å². The van der Waals surface area contributed by atoms with E-state index in [9.17, 15) is 9.59 Å². The largest absolute Gasteiger partial charge is 0.327 e. The molecule has 5 nitrogen and oxygen atoms in total. The minimum atomic E-state index is -0.561. The van der Waals surface area contributed by atoms with E-state index in [0.29, 0.717) is 22.0 Å². The smallest absolute Gasteiger partial charge is 0.319 e. The number of nitrogens with one attached hydrogen (secondary N) is 3. The molecule has 0 radical (unpaired) electrons. The van der Waals surface area contributed by atoms with Crippen molar-refractivity contribution < 1.29 is 9.59 Å². The Labute approximate surface area is 158 Å². The maximum Gasteiger partial charge on any atom is 0.319 e. The van der Waals surface area contributed by atoms with E-state index in [1.165, 1.54) is 0 Å². The Kier molecular flexibility index (Phi) is 5.11.